The molecular formula is C41H48F7N5O9S. The van der Waals surface area contributed by atoms with Gasteiger partial charge in [0.05, 0.1) is 30.0 Å². The maximum atomic E-state index is 14.5. The molecule has 0 aromatic heterocycles. The zero-order valence-corrected chi connectivity index (χ0v) is 35.4. The van der Waals surface area contributed by atoms with Crippen molar-refractivity contribution in [2.24, 2.45) is 5.92 Å². The summed E-state index contributed by atoms with van der Waals surface area (Å²) in [5.41, 5.74) is -6.45. The van der Waals surface area contributed by atoms with E-state index in [2.05, 4.69) is 10.6 Å². The first-order valence-electron chi connectivity index (χ1n) is 20.4. The van der Waals surface area contributed by atoms with Crippen molar-refractivity contribution in [3.8, 4) is 0 Å². The minimum Gasteiger partial charge on any atom is -0.444 e. The lowest BCUT2D eigenvalue weighted by Crippen LogP contribution is -2.58. The smallest absolute Gasteiger partial charge is 0.416 e. The van der Waals surface area contributed by atoms with Crippen LogP contribution in [0, 0.1) is 11.7 Å². The molecule has 63 heavy (non-hydrogen) atoms. The summed E-state index contributed by atoms with van der Waals surface area (Å²) in [5, 5.41) is 5.18. The van der Waals surface area contributed by atoms with E-state index in [4.69, 9.17) is 9.47 Å². The van der Waals surface area contributed by atoms with Crippen molar-refractivity contribution < 1.29 is 72.6 Å². The summed E-state index contributed by atoms with van der Waals surface area (Å²) in [4.78, 5) is 71.5. The predicted octanol–water partition coefficient (Wildman–Crippen LogP) is 6.44. The molecule has 2 aromatic rings. The van der Waals surface area contributed by atoms with E-state index < -0.39 is 116 Å². The second-order valence-electron chi connectivity index (χ2n) is 17.5. The third-order valence-corrected chi connectivity index (χ3v) is 12.7. The molecule has 3 N–H and O–H groups in total. The van der Waals surface area contributed by atoms with Crippen molar-refractivity contribution in [3.63, 3.8) is 0 Å². The third kappa shape index (κ3) is 11.5. The summed E-state index contributed by atoms with van der Waals surface area (Å²) in [6.07, 6.45) is -10.6. The van der Waals surface area contributed by atoms with Crippen LogP contribution in [-0.4, -0.2) is 84.0 Å². The number of sulfonamides is 1. The Morgan fingerprint density at radius 1 is 0.905 bits per heavy atom. The highest BCUT2D eigenvalue weighted by atomic mass is 32.2. The minimum atomic E-state index is -5.27. The van der Waals surface area contributed by atoms with Crippen molar-refractivity contribution >= 4 is 39.9 Å². The molecule has 22 heteroatoms. The molecule has 346 valence electrons. The van der Waals surface area contributed by atoms with E-state index in [0.29, 0.717) is 49.7 Å². The number of nitrogens with zero attached hydrogens (tertiary/aromatic N) is 2. The number of carbonyl (C=O) groups excluding carboxylic acids is 5. The third-order valence-electron chi connectivity index (χ3n) is 11.4. The molecule has 14 nitrogen and oxygen atoms in total. The van der Waals surface area contributed by atoms with Crippen LogP contribution in [0.3, 0.4) is 0 Å². The molecule has 1 saturated carbocycles. The molecule has 4 aliphatic rings. The predicted molar refractivity (Wildman–Crippen MR) is 208 cm³/mol. The van der Waals surface area contributed by atoms with E-state index in [1.165, 1.54) is 17.0 Å². The van der Waals surface area contributed by atoms with Gasteiger partial charge in [-0.2, -0.15) is 26.3 Å². The summed E-state index contributed by atoms with van der Waals surface area (Å²) in [6, 6.07) is 1.98. The molecule has 0 radical (unpaired) electrons. The van der Waals surface area contributed by atoms with Crippen LogP contribution in [-0.2, 0) is 65.1 Å². The Kier molecular flexibility index (Phi) is 13.4. The van der Waals surface area contributed by atoms with E-state index in [1.54, 1.807) is 31.6 Å². The topological polar surface area (TPSA) is 181 Å². The van der Waals surface area contributed by atoms with Gasteiger partial charge in [-0.25, -0.2) is 22.4 Å². The largest absolute Gasteiger partial charge is 0.444 e. The first-order valence-corrected chi connectivity index (χ1v) is 22.1. The van der Waals surface area contributed by atoms with E-state index in [-0.39, 0.29) is 57.1 Å². The highest BCUT2D eigenvalue weighted by molar-refractivity contribution is 7.89. The van der Waals surface area contributed by atoms with Crippen LogP contribution in [0.1, 0.15) is 106 Å². The summed E-state index contributed by atoms with van der Waals surface area (Å²) >= 11 is 0. The quantitative estimate of drug-likeness (QED) is 0.275. The number of alkyl carbamates (subject to hydrolysis) is 1. The number of halogens is 7. The van der Waals surface area contributed by atoms with Gasteiger partial charge in [0.15, 0.2) is 0 Å². The van der Waals surface area contributed by atoms with Crippen LogP contribution < -0.4 is 15.4 Å². The molecule has 3 fully saturated rings. The molecule has 5 amide bonds. The van der Waals surface area contributed by atoms with Crippen LogP contribution in [0.4, 0.5) is 40.3 Å². The molecule has 6 rings (SSSR count). The number of hydrogen-bond acceptors (Lipinski definition) is 9. The van der Waals surface area contributed by atoms with Gasteiger partial charge in [-0.3, -0.25) is 24.0 Å². The van der Waals surface area contributed by atoms with Gasteiger partial charge >= 0.3 is 24.5 Å². The number of nitrogens with one attached hydrogen (secondary N) is 3. The van der Waals surface area contributed by atoms with Crippen LogP contribution in [0.5, 0.6) is 0 Å². The highest BCUT2D eigenvalue weighted by Crippen LogP contribution is 2.48. The molecule has 5 atom stereocenters. The van der Waals surface area contributed by atoms with Gasteiger partial charge in [0.25, 0.3) is 5.91 Å². The molecule has 3 aliphatic heterocycles. The lowest BCUT2D eigenvalue weighted by atomic mass is 10.0. The number of alkyl halides is 6. The molecule has 0 unspecified atom stereocenters. The number of rotatable bonds is 6. The first kappa shape index (κ1) is 47.3. The minimum absolute atomic E-state index is 0.0201. The SMILES string of the molecule is CC(C)(C)OC(=O)N[C@H]1CCCCCCC[C@@H]2C[C@@]2(C(=O)NS(=O)(=O)Cc2cc(C(F)(F)F)cc(C(F)(F)F)c2)NC(=O)[C@@H]2C[C@@H](OC(=O)N3Cc4cccc(F)c4C3)CN2C1=O. The summed E-state index contributed by atoms with van der Waals surface area (Å²) in [6.45, 7) is 4.41. The maximum absolute atomic E-state index is 14.5. The van der Waals surface area contributed by atoms with Crippen molar-refractivity contribution in [2.45, 2.75) is 139 Å². The van der Waals surface area contributed by atoms with Gasteiger partial charge in [-0.05, 0) is 81.3 Å². The van der Waals surface area contributed by atoms with E-state index in [9.17, 15) is 63.1 Å². The standard InChI is InChI=1S/C41H48F7N5O9S/c1-38(2,3)62-36(57)49-31-13-8-6-4-5-7-11-25-18-39(25,35(56)51-63(59,60)22-23-14-26(40(43,44)45)16-27(15-23)41(46,47)48)50-33(54)32-17-28(20-53(32)34(31)55)61-37(58)52-19-24-10-9-12-30(42)29(24)21-52/h9-10,12,14-16,25,28,31-32H,4-8,11,13,17-22H2,1-3H3,(H,49,57)(H,50,54)(H,51,56)/t25-,28-,31+,32+,39-/m1/s1. The maximum Gasteiger partial charge on any atom is 0.416 e. The zero-order valence-electron chi connectivity index (χ0n) is 34.6. The van der Waals surface area contributed by atoms with Crippen molar-refractivity contribution in [1.29, 1.82) is 0 Å². The Labute approximate surface area is 358 Å². The number of hydrogen-bond donors (Lipinski definition) is 3. The molecule has 2 saturated heterocycles. The van der Waals surface area contributed by atoms with Crippen LogP contribution >= 0.6 is 0 Å². The number of fused-ring (bicyclic) bond motifs is 3. The molecule has 3 heterocycles. The number of amides is 5. The fourth-order valence-electron chi connectivity index (χ4n) is 8.34. The van der Waals surface area contributed by atoms with Gasteiger partial charge in [0.2, 0.25) is 21.8 Å². The van der Waals surface area contributed by atoms with Crippen molar-refractivity contribution in [1.82, 2.24) is 25.2 Å². The Bertz CT molecular complexity index is 2200. The Morgan fingerprint density at radius 2 is 1.54 bits per heavy atom. The highest BCUT2D eigenvalue weighted by Gasteiger charge is 2.62. The second-order valence-corrected chi connectivity index (χ2v) is 19.2. The number of benzene rings is 2. The normalized spacial score (nSPS) is 24.8. The van der Waals surface area contributed by atoms with E-state index in [1.807, 2.05) is 0 Å². The lowest BCUT2D eigenvalue weighted by molar-refractivity contribution is -0.143. The van der Waals surface area contributed by atoms with Gasteiger partial charge in [-0.1, -0.05) is 44.2 Å². The number of ether oxygens (including phenoxy) is 2. The van der Waals surface area contributed by atoms with E-state index >= 15 is 0 Å². The fourth-order valence-corrected chi connectivity index (χ4v) is 9.48. The Balaban J connectivity index is 1.26. The molecule has 2 aromatic carbocycles. The van der Waals surface area contributed by atoms with E-state index in [0.717, 1.165) is 4.90 Å². The summed E-state index contributed by atoms with van der Waals surface area (Å²) in [7, 11) is -5.00. The van der Waals surface area contributed by atoms with Crippen LogP contribution in [0.25, 0.3) is 0 Å². The Hall–Kier alpha value is -5.15. The van der Waals surface area contributed by atoms with Gasteiger partial charge in [0, 0.05) is 18.5 Å². The van der Waals surface area contributed by atoms with Crippen LogP contribution in [0.2, 0.25) is 0 Å². The summed E-state index contributed by atoms with van der Waals surface area (Å²) < 4.78 is 135. The van der Waals surface area contributed by atoms with Crippen molar-refractivity contribution in [3.05, 3.63) is 70.0 Å². The molecular weight excluding hydrogens is 872 g/mol. The van der Waals surface area contributed by atoms with Gasteiger partial charge in [-0.15, -0.1) is 0 Å². The zero-order chi connectivity index (χ0) is 46.3. The van der Waals surface area contributed by atoms with Crippen molar-refractivity contribution in [2.75, 3.05) is 6.54 Å². The Morgan fingerprint density at radius 3 is 2.16 bits per heavy atom. The average molecular weight is 920 g/mol. The average Bonchev–Trinajstić information content (AvgIpc) is 3.44. The van der Waals surface area contributed by atoms with Gasteiger partial charge in [0.1, 0.15) is 35.1 Å². The van der Waals surface area contributed by atoms with Gasteiger partial charge < -0.3 is 25.0 Å². The number of carbonyl (C=O) groups is 5. The van der Waals surface area contributed by atoms with Crippen LogP contribution in [0.15, 0.2) is 36.4 Å². The second kappa shape index (κ2) is 17.8. The first-order chi connectivity index (χ1) is 29.2. The monoisotopic (exact) mass is 919 g/mol. The molecule has 0 spiro atoms. The summed E-state index contributed by atoms with van der Waals surface area (Å²) in [5.74, 6) is -5.65. The fraction of sp³-hybridized carbons (Fsp3) is 0.585. The molecule has 1 aliphatic carbocycles. The molecule has 0 bridgehead atoms. The lowest BCUT2D eigenvalue weighted by Gasteiger charge is -2.30.